The monoisotopic (exact) mass is 371 g/mol. The molecule has 3 nitrogen and oxygen atoms in total. The summed E-state index contributed by atoms with van der Waals surface area (Å²) in [5.41, 5.74) is 3.24. The van der Waals surface area contributed by atoms with Crippen LogP contribution in [0.25, 0.3) is 0 Å². The Bertz CT molecular complexity index is 906. The van der Waals surface area contributed by atoms with Gasteiger partial charge in [0.15, 0.2) is 5.78 Å². The molecule has 3 aromatic carbocycles. The summed E-state index contributed by atoms with van der Waals surface area (Å²) in [6.07, 6.45) is 1.57. The van der Waals surface area contributed by atoms with Gasteiger partial charge in [-0.15, -0.1) is 0 Å². The maximum atomic E-state index is 12.9. The topological polar surface area (TPSA) is 29.5 Å². The number of ether oxygens (including phenoxy) is 1. The van der Waals surface area contributed by atoms with Gasteiger partial charge in [0, 0.05) is 24.2 Å². The van der Waals surface area contributed by atoms with Crippen molar-refractivity contribution in [3.8, 4) is 5.75 Å². The van der Waals surface area contributed by atoms with Crippen molar-refractivity contribution in [2.24, 2.45) is 5.92 Å². The van der Waals surface area contributed by atoms with E-state index in [-0.39, 0.29) is 17.7 Å². The second kappa shape index (κ2) is 8.30. The van der Waals surface area contributed by atoms with Gasteiger partial charge in [-0.1, -0.05) is 60.7 Å². The van der Waals surface area contributed by atoms with E-state index in [1.54, 1.807) is 7.11 Å². The van der Waals surface area contributed by atoms with E-state index in [9.17, 15) is 4.79 Å². The molecule has 0 N–H and O–H groups in total. The number of hydrogen-bond donors (Lipinski definition) is 0. The lowest BCUT2D eigenvalue weighted by Crippen LogP contribution is -2.26. The highest BCUT2D eigenvalue weighted by Crippen LogP contribution is 2.42. The first kappa shape index (κ1) is 18.3. The Hall–Kier alpha value is -3.07. The molecule has 28 heavy (non-hydrogen) atoms. The zero-order chi connectivity index (χ0) is 19.3. The third kappa shape index (κ3) is 3.79. The van der Waals surface area contributed by atoms with Crippen LogP contribution in [0.3, 0.4) is 0 Å². The Balaban J connectivity index is 1.62. The molecule has 1 aliphatic rings. The van der Waals surface area contributed by atoms with Crippen LogP contribution in [0.5, 0.6) is 5.75 Å². The van der Waals surface area contributed by atoms with Crippen LogP contribution in [0, 0.1) is 5.92 Å². The van der Waals surface area contributed by atoms with Crippen molar-refractivity contribution in [2.45, 2.75) is 18.9 Å². The fourth-order valence-electron chi connectivity index (χ4n) is 4.22. The van der Waals surface area contributed by atoms with Crippen LogP contribution in [0.15, 0.2) is 84.9 Å². The number of carbonyl (C=O) groups excluding carboxylic acids is 1. The predicted octanol–water partition coefficient (Wildman–Crippen LogP) is 5.54. The van der Waals surface area contributed by atoms with Gasteiger partial charge < -0.3 is 9.64 Å². The van der Waals surface area contributed by atoms with E-state index in [1.807, 2.05) is 48.5 Å². The van der Waals surface area contributed by atoms with Crippen molar-refractivity contribution in [3.63, 3.8) is 0 Å². The molecular weight excluding hydrogens is 346 g/mol. The Labute approximate surface area is 166 Å². The van der Waals surface area contributed by atoms with Gasteiger partial charge in [-0.3, -0.25) is 4.79 Å². The number of carbonyl (C=O) groups is 1. The first-order valence-electron chi connectivity index (χ1n) is 9.80. The Kier molecular flexibility index (Phi) is 5.43. The van der Waals surface area contributed by atoms with Crippen LogP contribution in [-0.4, -0.2) is 19.4 Å². The van der Waals surface area contributed by atoms with Crippen molar-refractivity contribution >= 4 is 11.5 Å². The first-order chi connectivity index (χ1) is 13.8. The smallest absolute Gasteiger partial charge is 0.163 e. The minimum atomic E-state index is 0.197. The van der Waals surface area contributed by atoms with Crippen LogP contribution in [-0.2, 0) is 0 Å². The van der Waals surface area contributed by atoms with E-state index in [1.165, 1.54) is 11.3 Å². The summed E-state index contributed by atoms with van der Waals surface area (Å²) in [5.74, 6) is 1.37. The van der Waals surface area contributed by atoms with Gasteiger partial charge in [0.2, 0.25) is 0 Å². The highest BCUT2D eigenvalue weighted by atomic mass is 16.5. The van der Waals surface area contributed by atoms with Gasteiger partial charge in [0.05, 0.1) is 13.2 Å². The molecule has 142 valence electrons. The third-order valence-electron chi connectivity index (χ3n) is 5.61. The molecule has 3 heteroatoms. The summed E-state index contributed by atoms with van der Waals surface area (Å²) >= 11 is 0. The zero-order valence-electron chi connectivity index (χ0n) is 16.1. The number of rotatable bonds is 6. The van der Waals surface area contributed by atoms with Gasteiger partial charge in [-0.25, -0.2) is 0 Å². The molecule has 1 heterocycles. The zero-order valence-corrected chi connectivity index (χ0v) is 16.1. The highest BCUT2D eigenvalue weighted by Gasteiger charge is 2.36. The number of nitrogens with zero attached hydrogens (tertiary/aromatic N) is 1. The van der Waals surface area contributed by atoms with Gasteiger partial charge in [0.1, 0.15) is 5.75 Å². The number of hydrogen-bond acceptors (Lipinski definition) is 3. The average Bonchev–Trinajstić information content (AvgIpc) is 3.18. The van der Waals surface area contributed by atoms with E-state index < -0.39 is 0 Å². The van der Waals surface area contributed by atoms with E-state index in [4.69, 9.17) is 4.74 Å². The minimum Gasteiger partial charge on any atom is -0.497 e. The van der Waals surface area contributed by atoms with Crippen molar-refractivity contribution in [1.29, 1.82) is 0 Å². The number of benzene rings is 3. The molecule has 1 aliphatic heterocycles. The highest BCUT2D eigenvalue weighted by molar-refractivity contribution is 5.96. The number of Topliss-reactive ketones (excluding diaryl/α,β-unsaturated/α-hetero) is 1. The van der Waals surface area contributed by atoms with Crippen LogP contribution < -0.4 is 9.64 Å². The lowest BCUT2D eigenvalue weighted by Gasteiger charge is -2.30. The number of ketones is 1. The Morgan fingerprint density at radius 1 is 0.929 bits per heavy atom. The summed E-state index contributed by atoms with van der Waals surface area (Å²) in [5, 5.41) is 0. The summed E-state index contributed by atoms with van der Waals surface area (Å²) in [6.45, 7) is 0.943. The Morgan fingerprint density at radius 3 is 2.21 bits per heavy atom. The second-order valence-corrected chi connectivity index (χ2v) is 7.29. The molecule has 4 rings (SSSR count). The summed E-state index contributed by atoms with van der Waals surface area (Å²) in [4.78, 5) is 15.3. The lowest BCUT2D eigenvalue weighted by atomic mass is 9.88. The van der Waals surface area contributed by atoms with Gasteiger partial charge in [-0.05, 0) is 42.2 Å². The molecule has 0 saturated carbocycles. The number of anilines is 1. The molecule has 0 aromatic heterocycles. The van der Waals surface area contributed by atoms with E-state index in [0.29, 0.717) is 6.42 Å². The fourth-order valence-corrected chi connectivity index (χ4v) is 4.22. The van der Waals surface area contributed by atoms with Crippen molar-refractivity contribution in [2.75, 3.05) is 18.6 Å². The molecule has 0 amide bonds. The quantitative estimate of drug-likeness (QED) is 0.533. The Morgan fingerprint density at radius 2 is 1.57 bits per heavy atom. The maximum absolute atomic E-state index is 12.9. The van der Waals surface area contributed by atoms with E-state index in [2.05, 4.69) is 41.3 Å². The van der Waals surface area contributed by atoms with Crippen LogP contribution in [0.2, 0.25) is 0 Å². The third-order valence-corrected chi connectivity index (χ3v) is 5.61. The average molecular weight is 371 g/mol. The second-order valence-electron chi connectivity index (χ2n) is 7.29. The van der Waals surface area contributed by atoms with Crippen LogP contribution >= 0.6 is 0 Å². The number of methoxy groups -OCH3 is 1. The molecule has 0 unspecified atom stereocenters. The summed E-state index contributed by atoms with van der Waals surface area (Å²) < 4.78 is 5.30. The van der Waals surface area contributed by atoms with Crippen LogP contribution in [0.1, 0.15) is 34.8 Å². The van der Waals surface area contributed by atoms with Crippen molar-refractivity contribution in [1.82, 2.24) is 0 Å². The van der Waals surface area contributed by atoms with Crippen molar-refractivity contribution in [3.05, 3.63) is 96.1 Å². The first-order valence-corrected chi connectivity index (χ1v) is 9.80. The SMILES string of the molecule is COc1ccc(N2CC[C@@H](CC(=O)c3ccccc3)[C@@H]2c2ccccc2)cc1. The molecule has 0 spiro atoms. The predicted molar refractivity (Wildman–Crippen MR) is 113 cm³/mol. The largest absolute Gasteiger partial charge is 0.497 e. The minimum absolute atomic E-state index is 0.197. The maximum Gasteiger partial charge on any atom is 0.163 e. The van der Waals surface area contributed by atoms with Gasteiger partial charge >= 0.3 is 0 Å². The van der Waals surface area contributed by atoms with E-state index >= 15 is 0 Å². The van der Waals surface area contributed by atoms with Gasteiger partial charge in [0.25, 0.3) is 0 Å². The fraction of sp³-hybridized carbons (Fsp3) is 0.240. The lowest BCUT2D eigenvalue weighted by molar-refractivity contribution is 0.0958. The molecule has 1 saturated heterocycles. The van der Waals surface area contributed by atoms with Crippen LogP contribution in [0.4, 0.5) is 5.69 Å². The summed E-state index contributed by atoms with van der Waals surface area (Å²) in [7, 11) is 1.68. The van der Waals surface area contributed by atoms with E-state index in [0.717, 1.165) is 24.3 Å². The van der Waals surface area contributed by atoms with Crippen molar-refractivity contribution < 1.29 is 9.53 Å². The summed E-state index contributed by atoms with van der Waals surface area (Å²) in [6, 6.07) is 28.6. The molecule has 3 aromatic rings. The normalized spacial score (nSPS) is 18.8. The standard InChI is InChI=1S/C25H25NO2/c1-28-23-14-12-22(13-15-23)26-17-16-21(25(26)20-10-6-3-7-11-20)18-24(27)19-8-4-2-5-9-19/h2-15,21,25H,16-18H2,1H3/t21-,25-/m0/s1. The molecular formula is C25H25NO2. The molecule has 0 radical (unpaired) electrons. The molecule has 1 fully saturated rings. The molecule has 0 aliphatic carbocycles. The van der Waals surface area contributed by atoms with Gasteiger partial charge in [-0.2, -0.15) is 0 Å². The molecule has 2 atom stereocenters. The molecule has 0 bridgehead atoms.